The Bertz CT molecular complexity index is 1040. The van der Waals surface area contributed by atoms with Gasteiger partial charge in [0, 0.05) is 36.7 Å². The number of hydrogen-bond acceptors (Lipinski definition) is 3. The Hall–Kier alpha value is -2.28. The molecule has 0 spiro atoms. The fourth-order valence-corrected chi connectivity index (χ4v) is 5.04. The summed E-state index contributed by atoms with van der Waals surface area (Å²) in [4.78, 5) is 4.71. The highest BCUT2D eigenvalue weighted by atomic mass is 32.2. The van der Waals surface area contributed by atoms with Gasteiger partial charge in [-0.15, -0.1) is 0 Å². The minimum atomic E-state index is -3.72. The molecule has 3 aromatic rings. The summed E-state index contributed by atoms with van der Waals surface area (Å²) in [5.74, 6) is -2.63. The van der Waals surface area contributed by atoms with E-state index in [9.17, 15) is 17.2 Å². The summed E-state index contributed by atoms with van der Waals surface area (Å²) in [5.41, 5.74) is 0.525. The van der Waals surface area contributed by atoms with Crippen molar-refractivity contribution < 1.29 is 17.2 Å². The molecule has 0 atom stereocenters. The zero-order chi connectivity index (χ0) is 18.4. The molecule has 1 saturated carbocycles. The molecule has 2 aromatic heterocycles. The number of fused-ring (bicyclic) bond motifs is 1. The molecule has 7 heteroatoms. The third-order valence-corrected chi connectivity index (χ3v) is 6.77. The van der Waals surface area contributed by atoms with Gasteiger partial charge in [-0.1, -0.05) is 18.2 Å². The van der Waals surface area contributed by atoms with Crippen LogP contribution in [-0.4, -0.2) is 23.9 Å². The molecule has 4 rings (SSSR count). The van der Waals surface area contributed by atoms with Crippen LogP contribution in [0.3, 0.4) is 0 Å². The van der Waals surface area contributed by atoms with Crippen molar-refractivity contribution in [1.29, 1.82) is 0 Å². The molecule has 0 radical (unpaired) electrons. The number of nitrogens with zero attached hydrogens (tertiary/aromatic N) is 2. The van der Waals surface area contributed by atoms with Crippen LogP contribution in [0.2, 0.25) is 0 Å². The van der Waals surface area contributed by atoms with Gasteiger partial charge < -0.3 is 4.57 Å². The van der Waals surface area contributed by atoms with Crippen LogP contribution in [0.1, 0.15) is 31.7 Å². The molecule has 0 amide bonds. The molecule has 4 nitrogen and oxygen atoms in total. The minimum Gasteiger partial charge on any atom is -0.328 e. The summed E-state index contributed by atoms with van der Waals surface area (Å²) in [7, 11) is -3.72. The van der Waals surface area contributed by atoms with Crippen molar-refractivity contribution in [3.63, 3.8) is 0 Å². The van der Waals surface area contributed by atoms with Crippen LogP contribution in [0.25, 0.3) is 11.0 Å². The molecule has 1 aliphatic rings. The standard InChI is InChI=1S/C19H18F2N2O2S/c20-19(21)10-8-14(9-11-19)23-13-17(16-7-4-12-22-18(16)23)26(24,25)15-5-2-1-3-6-15/h1-7,12-14H,8-11H2. The lowest BCUT2D eigenvalue weighted by Crippen LogP contribution is -2.26. The molecule has 2 heterocycles. The normalized spacial score (nSPS) is 18.2. The Morgan fingerprint density at radius 1 is 1.04 bits per heavy atom. The van der Waals surface area contributed by atoms with E-state index < -0.39 is 15.8 Å². The molecule has 0 saturated heterocycles. The maximum absolute atomic E-state index is 13.5. The average Bonchev–Trinajstić information content (AvgIpc) is 3.03. The van der Waals surface area contributed by atoms with Crippen LogP contribution in [0.4, 0.5) is 8.78 Å². The second kappa shape index (κ2) is 6.16. The quantitative estimate of drug-likeness (QED) is 0.670. The zero-order valence-corrected chi connectivity index (χ0v) is 14.8. The number of halogens is 2. The highest BCUT2D eigenvalue weighted by Crippen LogP contribution is 2.41. The van der Waals surface area contributed by atoms with E-state index in [-0.39, 0.29) is 28.7 Å². The molecule has 0 unspecified atom stereocenters. The first kappa shape index (κ1) is 17.1. The SMILES string of the molecule is O=S(=O)(c1ccccc1)c1cn(C2CCC(F)(F)CC2)c2ncccc12. The van der Waals surface area contributed by atoms with Crippen molar-refractivity contribution in [2.75, 3.05) is 0 Å². The van der Waals surface area contributed by atoms with Crippen LogP contribution in [0.5, 0.6) is 0 Å². The van der Waals surface area contributed by atoms with Crippen LogP contribution in [0.15, 0.2) is 64.6 Å². The summed E-state index contributed by atoms with van der Waals surface area (Å²) in [5, 5.41) is 0.522. The Morgan fingerprint density at radius 3 is 2.42 bits per heavy atom. The molecule has 1 aliphatic carbocycles. The van der Waals surface area contributed by atoms with Gasteiger partial charge in [-0.3, -0.25) is 0 Å². The Labute approximate surface area is 150 Å². The number of pyridine rings is 1. The van der Waals surface area contributed by atoms with Gasteiger partial charge in [0.25, 0.3) is 0 Å². The first-order valence-corrected chi connectivity index (χ1v) is 10.0. The van der Waals surface area contributed by atoms with E-state index >= 15 is 0 Å². The summed E-state index contributed by atoms with van der Waals surface area (Å²) >= 11 is 0. The van der Waals surface area contributed by atoms with Gasteiger partial charge in [0.15, 0.2) is 0 Å². The molecule has 26 heavy (non-hydrogen) atoms. The fraction of sp³-hybridized carbons (Fsp3) is 0.316. The number of aromatic nitrogens is 2. The number of alkyl halides is 2. The molecular formula is C19H18F2N2O2S. The first-order valence-electron chi connectivity index (χ1n) is 8.52. The van der Waals surface area contributed by atoms with Gasteiger partial charge in [-0.2, -0.15) is 0 Å². The maximum atomic E-state index is 13.5. The molecular weight excluding hydrogens is 358 g/mol. The van der Waals surface area contributed by atoms with Crippen LogP contribution in [0, 0.1) is 0 Å². The lowest BCUT2D eigenvalue weighted by Gasteiger charge is -2.29. The largest absolute Gasteiger partial charge is 0.328 e. The van der Waals surface area contributed by atoms with Gasteiger partial charge in [0.05, 0.1) is 9.79 Å². The van der Waals surface area contributed by atoms with E-state index in [0.717, 1.165) is 0 Å². The van der Waals surface area contributed by atoms with Gasteiger partial charge >= 0.3 is 0 Å². The number of sulfone groups is 1. The van der Waals surface area contributed by atoms with Crippen molar-refractivity contribution >= 4 is 20.9 Å². The maximum Gasteiger partial charge on any atom is 0.248 e. The van der Waals surface area contributed by atoms with Gasteiger partial charge in [-0.25, -0.2) is 22.2 Å². The van der Waals surface area contributed by atoms with Gasteiger partial charge in [-0.05, 0) is 37.1 Å². The van der Waals surface area contributed by atoms with Crippen molar-refractivity contribution in [2.45, 2.75) is 47.4 Å². The minimum absolute atomic E-state index is 0.170. The van der Waals surface area contributed by atoms with Gasteiger partial charge in [0.2, 0.25) is 15.8 Å². The predicted octanol–water partition coefficient (Wildman–Crippen LogP) is 4.62. The van der Waals surface area contributed by atoms with Crippen LogP contribution >= 0.6 is 0 Å². The summed E-state index contributed by atoms with van der Waals surface area (Å²) < 4.78 is 54.9. The summed E-state index contributed by atoms with van der Waals surface area (Å²) in [6, 6.07) is 11.4. The monoisotopic (exact) mass is 376 g/mol. The van der Waals surface area contributed by atoms with E-state index in [1.54, 1.807) is 59.4 Å². The Balaban J connectivity index is 1.83. The average molecular weight is 376 g/mol. The van der Waals surface area contributed by atoms with E-state index in [0.29, 0.717) is 23.9 Å². The second-order valence-corrected chi connectivity index (χ2v) is 8.60. The van der Waals surface area contributed by atoms with Gasteiger partial charge in [0.1, 0.15) is 5.65 Å². The zero-order valence-electron chi connectivity index (χ0n) is 14.0. The number of benzene rings is 1. The predicted molar refractivity (Wildman–Crippen MR) is 94.1 cm³/mol. The fourth-order valence-electron chi connectivity index (χ4n) is 3.57. The Kier molecular flexibility index (Phi) is 4.06. The lowest BCUT2D eigenvalue weighted by molar-refractivity contribution is -0.0436. The molecule has 1 fully saturated rings. The molecule has 136 valence electrons. The molecule has 0 N–H and O–H groups in total. The highest BCUT2D eigenvalue weighted by Gasteiger charge is 2.36. The van der Waals surface area contributed by atoms with E-state index in [1.807, 2.05) is 0 Å². The second-order valence-electron chi connectivity index (χ2n) is 6.68. The third-order valence-electron chi connectivity index (χ3n) is 4.98. The Morgan fingerprint density at radius 2 is 1.73 bits per heavy atom. The lowest BCUT2D eigenvalue weighted by atomic mass is 9.92. The van der Waals surface area contributed by atoms with Crippen molar-refractivity contribution in [2.24, 2.45) is 0 Å². The number of rotatable bonds is 3. The van der Waals surface area contributed by atoms with Crippen LogP contribution < -0.4 is 0 Å². The molecule has 0 bridgehead atoms. The first-order chi connectivity index (χ1) is 12.4. The van der Waals surface area contributed by atoms with Crippen molar-refractivity contribution in [1.82, 2.24) is 9.55 Å². The molecule has 0 aliphatic heterocycles. The summed E-state index contributed by atoms with van der Waals surface area (Å²) in [6.07, 6.45) is 3.38. The van der Waals surface area contributed by atoms with E-state index in [1.165, 1.54) is 0 Å². The topological polar surface area (TPSA) is 52.0 Å². The number of hydrogen-bond donors (Lipinski definition) is 0. The van der Waals surface area contributed by atoms with E-state index in [2.05, 4.69) is 4.98 Å². The highest BCUT2D eigenvalue weighted by molar-refractivity contribution is 7.91. The van der Waals surface area contributed by atoms with Crippen molar-refractivity contribution in [3.8, 4) is 0 Å². The van der Waals surface area contributed by atoms with E-state index in [4.69, 9.17) is 0 Å². The molecule has 1 aromatic carbocycles. The van der Waals surface area contributed by atoms with Crippen LogP contribution in [-0.2, 0) is 9.84 Å². The smallest absolute Gasteiger partial charge is 0.248 e. The summed E-state index contributed by atoms with van der Waals surface area (Å²) in [6.45, 7) is 0. The third kappa shape index (κ3) is 2.90. The van der Waals surface area contributed by atoms with Crippen molar-refractivity contribution in [3.05, 3.63) is 54.9 Å².